The van der Waals surface area contributed by atoms with Gasteiger partial charge < -0.3 is 19.0 Å². The molecular weight excluding hydrogens is 446 g/mol. The molecule has 0 aliphatic heterocycles. The zero-order chi connectivity index (χ0) is 23.9. The first-order valence-corrected chi connectivity index (χ1v) is 10.4. The van der Waals surface area contributed by atoms with Crippen LogP contribution >= 0.6 is 0 Å². The molecule has 0 aliphatic rings. The number of aryl methyl sites for hydroxylation is 1. The molecule has 0 saturated heterocycles. The van der Waals surface area contributed by atoms with Crippen LogP contribution in [0, 0.1) is 17.2 Å². The van der Waals surface area contributed by atoms with Crippen LogP contribution in [0.3, 0.4) is 0 Å². The highest BCUT2D eigenvalue weighted by Crippen LogP contribution is 2.32. The van der Waals surface area contributed by atoms with Crippen LogP contribution in [0.1, 0.15) is 12.0 Å². The number of aliphatic carboxylic acids is 1. The van der Waals surface area contributed by atoms with Gasteiger partial charge in [-0.1, -0.05) is 11.6 Å². The fourth-order valence-electron chi connectivity index (χ4n) is 2.88. The van der Waals surface area contributed by atoms with Crippen LogP contribution < -0.4 is 38.5 Å². The third-order valence-corrected chi connectivity index (χ3v) is 4.24. The van der Waals surface area contributed by atoms with Crippen LogP contribution in [0.2, 0.25) is 0 Å². The smallest absolute Gasteiger partial charge is 0.309 e. The molecule has 1 aromatic heterocycles. The number of carbonyl (C=O) groups is 1. The topological polar surface area (TPSA) is 175 Å². The predicted molar refractivity (Wildman–Crippen MR) is 101 cm³/mol. The maximum absolute atomic E-state index is 10.8. The van der Waals surface area contributed by atoms with Crippen molar-refractivity contribution in [2.45, 2.75) is 13.3 Å². The van der Waals surface area contributed by atoms with E-state index in [-0.39, 0.29) is 6.42 Å². The minimum absolute atomic E-state index is 0.0328. The van der Waals surface area contributed by atoms with Crippen LogP contribution in [-0.2, 0) is 4.79 Å². The average molecular weight is 468 g/mol. The zero-order valence-electron chi connectivity index (χ0n) is 17.5. The van der Waals surface area contributed by atoms with Gasteiger partial charge in [0, 0.05) is 5.56 Å². The Balaban J connectivity index is 0.000000654. The molecule has 0 fully saturated rings. The van der Waals surface area contributed by atoms with Crippen LogP contribution in [0.25, 0.3) is 22.3 Å². The van der Waals surface area contributed by atoms with E-state index in [1.807, 2.05) is 49.4 Å². The van der Waals surface area contributed by atoms with Gasteiger partial charge in [0.1, 0.15) is 17.8 Å². The Morgan fingerprint density at radius 2 is 1.69 bits per heavy atom. The summed E-state index contributed by atoms with van der Waals surface area (Å²) < 4.78 is 50.7. The molecule has 0 saturated carbocycles. The molecule has 10 nitrogen and oxygen atoms in total. The summed E-state index contributed by atoms with van der Waals surface area (Å²) in [5.41, 5.74) is 2.64. The van der Waals surface area contributed by atoms with Gasteiger partial charge in [0.2, 0.25) is 5.36 Å². The van der Waals surface area contributed by atoms with Gasteiger partial charge in [-0.15, -0.1) is 10.2 Å². The van der Waals surface area contributed by atoms with Gasteiger partial charge in [-0.3, -0.25) is 4.79 Å². The van der Waals surface area contributed by atoms with Crippen molar-refractivity contribution in [1.29, 1.82) is 0 Å². The Morgan fingerprint density at radius 3 is 2.28 bits per heavy atom. The molecule has 0 aliphatic carbocycles. The second-order valence-electron chi connectivity index (χ2n) is 6.54. The number of carboxylic acid groups (broad SMARTS) is 1. The first kappa shape index (κ1) is 25.1. The average Bonchev–Trinajstić information content (AvgIpc) is 2.71. The van der Waals surface area contributed by atoms with E-state index in [1.165, 1.54) is 0 Å². The van der Waals surface area contributed by atoms with Crippen LogP contribution in [0.5, 0.6) is 11.5 Å². The van der Waals surface area contributed by atoms with E-state index in [2.05, 4.69) is 4.99 Å². The van der Waals surface area contributed by atoms with E-state index in [0.29, 0.717) is 29.4 Å². The number of ether oxygens (including phenoxy) is 2. The van der Waals surface area contributed by atoms with Crippen molar-refractivity contribution >= 4 is 16.9 Å². The normalized spacial score (nSPS) is 11.7. The largest absolute Gasteiger partial charge is 0.493 e. The van der Waals surface area contributed by atoms with Crippen LogP contribution in [0.4, 0.5) is 0 Å². The summed E-state index contributed by atoms with van der Waals surface area (Å²) in [5, 5.41) is 10.6. The number of hydrogen-bond donors (Lipinski definition) is 2. The van der Waals surface area contributed by atoms with Gasteiger partial charge in [0.25, 0.3) is 0 Å². The fraction of sp³-hybridized carbons (Fsp3) is 0.238. The minimum atomic E-state index is -4.94. The Hall–Kier alpha value is -3.15. The Bertz CT molecular complexity index is 1150. The van der Waals surface area contributed by atoms with Crippen molar-refractivity contribution in [2.24, 2.45) is 0 Å². The summed E-state index contributed by atoms with van der Waals surface area (Å²) in [6.45, 7) is 2.33. The van der Waals surface area contributed by atoms with Crippen molar-refractivity contribution in [1.82, 2.24) is 0 Å². The van der Waals surface area contributed by atoms with E-state index in [1.54, 1.807) is 14.2 Å². The summed E-state index contributed by atoms with van der Waals surface area (Å²) in [6.07, 6.45) is 0.0328. The predicted octanol–water partition coefficient (Wildman–Crippen LogP) is -2.87. The lowest BCUT2D eigenvalue weighted by molar-refractivity contribution is -2.00. The van der Waals surface area contributed by atoms with Crippen molar-refractivity contribution in [3.05, 3.63) is 53.4 Å². The maximum atomic E-state index is 10.8. The van der Waals surface area contributed by atoms with E-state index in [4.69, 9.17) is 37.6 Å². The molecule has 0 bridgehead atoms. The number of halogens is 1. The summed E-state index contributed by atoms with van der Waals surface area (Å²) in [7, 11) is -1.77. The van der Waals surface area contributed by atoms with Crippen LogP contribution in [0.15, 0.2) is 46.9 Å². The summed E-state index contributed by atoms with van der Waals surface area (Å²) in [6, 6.07) is 13.3. The molecule has 0 radical (unpaired) electrons. The molecule has 0 amide bonds. The van der Waals surface area contributed by atoms with E-state index in [9.17, 15) is 4.79 Å². The van der Waals surface area contributed by atoms with Crippen molar-refractivity contribution < 1.29 is 57.7 Å². The second-order valence-corrected chi connectivity index (χ2v) is 7.30. The highest BCUT2D eigenvalue weighted by Gasteiger charge is 2.12. The fourth-order valence-corrected chi connectivity index (χ4v) is 2.88. The summed E-state index contributed by atoms with van der Waals surface area (Å²) >= 11 is 0. The number of benzene rings is 2. The molecule has 2 N–H and O–H groups in total. The molecule has 0 unspecified atom stereocenters. The van der Waals surface area contributed by atoms with Gasteiger partial charge in [-0.05, 0) is 37.3 Å². The molecule has 3 aromatic rings. The van der Waals surface area contributed by atoms with Crippen molar-refractivity contribution in [2.75, 3.05) is 20.8 Å². The lowest BCUT2D eigenvalue weighted by Crippen LogP contribution is -2.77. The number of fused-ring (bicyclic) bond motifs is 1. The van der Waals surface area contributed by atoms with E-state index in [0.717, 1.165) is 21.9 Å². The lowest BCUT2D eigenvalue weighted by Gasteiger charge is -2.17. The molecule has 0 spiro atoms. The number of rotatable bonds is 6. The quantitative estimate of drug-likeness (QED) is 0.385. The molecule has 2 aromatic carbocycles. The Labute approximate surface area is 185 Å². The van der Waals surface area contributed by atoms with Crippen molar-refractivity contribution in [3.63, 3.8) is 0 Å². The Kier molecular flexibility index (Phi) is 8.58. The third-order valence-electron chi connectivity index (χ3n) is 4.24. The zero-order valence-corrected chi connectivity index (χ0v) is 18.3. The molecule has 11 heteroatoms. The molecule has 32 heavy (non-hydrogen) atoms. The number of nitrogens with one attached hydrogen (secondary N) is 1. The molecule has 1 heterocycles. The van der Waals surface area contributed by atoms with Gasteiger partial charge in [0.15, 0.2) is 18.0 Å². The SMILES string of the molecule is COc1ccc(-c2cc(=[NH+]CCC(=O)O)c3cc(C)ccc3o2)cc1OC.[O-][Cl+3]([O-])([O-])[O-]. The highest BCUT2D eigenvalue weighted by molar-refractivity contribution is 5.79. The molecule has 0 atom stereocenters. The first-order chi connectivity index (χ1) is 15.0. The van der Waals surface area contributed by atoms with Gasteiger partial charge in [0.05, 0.1) is 25.7 Å². The summed E-state index contributed by atoms with van der Waals surface area (Å²) in [5.74, 6) is 1.04. The van der Waals surface area contributed by atoms with Crippen molar-refractivity contribution in [3.8, 4) is 22.8 Å². The number of methoxy groups -OCH3 is 2. The number of hydrogen-bond acceptors (Lipinski definition) is 8. The maximum Gasteiger partial charge on any atom is 0.309 e. The molecule has 3 rings (SSSR count). The van der Waals surface area contributed by atoms with E-state index >= 15 is 0 Å². The first-order valence-electron chi connectivity index (χ1n) is 9.19. The monoisotopic (exact) mass is 467 g/mol. The van der Waals surface area contributed by atoms with Gasteiger partial charge in [-0.25, -0.2) is 23.6 Å². The van der Waals surface area contributed by atoms with Crippen LogP contribution in [-0.4, -0.2) is 31.8 Å². The molecule has 172 valence electrons. The standard InChI is InChI=1S/C21H21NO5.ClHO4/c1-13-4-6-17-15(10-13)16(22-9-8-21(23)24)12-19(27-17)14-5-7-18(25-2)20(11-14)26-3;2-1(3,4)5/h4-7,10-12H,8-9H2,1-3H3,(H,23,24);(H,2,3,4,5). The summed E-state index contributed by atoms with van der Waals surface area (Å²) in [4.78, 5) is 14.1. The minimum Gasteiger partial charge on any atom is -0.493 e. The van der Waals surface area contributed by atoms with Gasteiger partial charge >= 0.3 is 5.97 Å². The van der Waals surface area contributed by atoms with E-state index < -0.39 is 16.2 Å². The lowest BCUT2D eigenvalue weighted by atomic mass is 10.1. The second kappa shape index (κ2) is 10.9. The Morgan fingerprint density at radius 1 is 1.03 bits per heavy atom. The highest BCUT2D eigenvalue weighted by atomic mass is 35.7. The van der Waals surface area contributed by atoms with Gasteiger partial charge in [-0.2, -0.15) is 0 Å². The number of carboxylic acids is 1. The molecular formula is C21H22ClNO9. The third kappa shape index (κ3) is 7.52.